The number of rotatable bonds is 6. The van der Waals surface area contributed by atoms with Crippen LogP contribution in [0.3, 0.4) is 0 Å². The van der Waals surface area contributed by atoms with E-state index < -0.39 is 5.82 Å². The lowest BCUT2D eigenvalue weighted by Gasteiger charge is -2.22. The van der Waals surface area contributed by atoms with Crippen molar-refractivity contribution in [2.24, 2.45) is 11.1 Å². The summed E-state index contributed by atoms with van der Waals surface area (Å²) in [4.78, 5) is 0. The molecule has 0 spiro atoms. The standard InChI is InChI=1S/C13H20F2N2/c1-13(2,8-16)9-17-6-5-10-7-11(14)3-4-12(10)15/h3-4,7,17H,5-6,8-9,16H2,1-2H3. The summed E-state index contributed by atoms with van der Waals surface area (Å²) in [6, 6.07) is 3.53. The van der Waals surface area contributed by atoms with Crippen LogP contribution < -0.4 is 11.1 Å². The minimum absolute atomic E-state index is 0.0283. The number of halogens is 2. The molecule has 1 aromatic carbocycles. The second-order valence-corrected chi connectivity index (χ2v) is 5.03. The van der Waals surface area contributed by atoms with Gasteiger partial charge in [-0.25, -0.2) is 8.78 Å². The van der Waals surface area contributed by atoms with Crippen LogP contribution in [-0.4, -0.2) is 19.6 Å². The van der Waals surface area contributed by atoms with Crippen LogP contribution in [0.5, 0.6) is 0 Å². The van der Waals surface area contributed by atoms with Crippen molar-refractivity contribution < 1.29 is 8.78 Å². The van der Waals surface area contributed by atoms with Gasteiger partial charge in [-0.2, -0.15) is 0 Å². The lowest BCUT2D eigenvalue weighted by atomic mass is 9.94. The Kier molecular flexibility index (Phi) is 5.02. The van der Waals surface area contributed by atoms with Crippen molar-refractivity contribution >= 4 is 0 Å². The molecule has 0 radical (unpaired) electrons. The molecule has 0 saturated carbocycles. The van der Waals surface area contributed by atoms with Crippen molar-refractivity contribution in [3.05, 3.63) is 35.4 Å². The van der Waals surface area contributed by atoms with Crippen LogP contribution in [-0.2, 0) is 6.42 Å². The van der Waals surface area contributed by atoms with Crippen LogP contribution in [0.25, 0.3) is 0 Å². The average Bonchev–Trinajstić information content (AvgIpc) is 2.29. The number of benzene rings is 1. The van der Waals surface area contributed by atoms with E-state index in [1.54, 1.807) is 0 Å². The molecule has 4 heteroatoms. The van der Waals surface area contributed by atoms with Gasteiger partial charge in [0.05, 0.1) is 0 Å². The largest absolute Gasteiger partial charge is 0.330 e. The molecule has 0 heterocycles. The molecule has 0 unspecified atom stereocenters. The topological polar surface area (TPSA) is 38.0 Å². The maximum absolute atomic E-state index is 13.3. The molecule has 0 bridgehead atoms. The van der Waals surface area contributed by atoms with E-state index in [2.05, 4.69) is 19.2 Å². The molecule has 0 amide bonds. The van der Waals surface area contributed by atoms with Crippen LogP contribution in [0, 0.1) is 17.0 Å². The van der Waals surface area contributed by atoms with Gasteiger partial charge in [0.1, 0.15) is 11.6 Å². The number of hydrogen-bond acceptors (Lipinski definition) is 2. The van der Waals surface area contributed by atoms with Crippen LogP contribution >= 0.6 is 0 Å². The van der Waals surface area contributed by atoms with Crippen molar-refractivity contribution in [3.63, 3.8) is 0 Å². The second-order valence-electron chi connectivity index (χ2n) is 5.03. The molecular weight excluding hydrogens is 222 g/mol. The van der Waals surface area contributed by atoms with Crippen molar-refractivity contribution in [1.29, 1.82) is 0 Å². The zero-order valence-electron chi connectivity index (χ0n) is 10.4. The van der Waals surface area contributed by atoms with E-state index >= 15 is 0 Å². The molecule has 17 heavy (non-hydrogen) atoms. The van der Waals surface area contributed by atoms with Gasteiger partial charge in [-0.3, -0.25) is 0 Å². The third-order valence-electron chi connectivity index (χ3n) is 2.74. The maximum atomic E-state index is 13.3. The highest BCUT2D eigenvalue weighted by Gasteiger charge is 2.14. The van der Waals surface area contributed by atoms with Gasteiger partial charge < -0.3 is 11.1 Å². The number of nitrogens with two attached hydrogens (primary N) is 1. The molecule has 0 aromatic heterocycles. The Morgan fingerprint density at radius 2 is 2.00 bits per heavy atom. The van der Waals surface area contributed by atoms with Crippen LogP contribution in [0.4, 0.5) is 8.78 Å². The molecule has 0 saturated heterocycles. The third-order valence-corrected chi connectivity index (χ3v) is 2.74. The minimum Gasteiger partial charge on any atom is -0.330 e. The summed E-state index contributed by atoms with van der Waals surface area (Å²) in [6.07, 6.45) is 0.476. The molecule has 0 fully saturated rings. The molecule has 0 atom stereocenters. The highest BCUT2D eigenvalue weighted by atomic mass is 19.1. The Hall–Kier alpha value is -1.00. The monoisotopic (exact) mass is 242 g/mol. The summed E-state index contributed by atoms with van der Waals surface area (Å²) >= 11 is 0. The van der Waals surface area contributed by atoms with Crippen molar-refractivity contribution in [3.8, 4) is 0 Å². The Balaban J connectivity index is 2.38. The molecular formula is C13H20F2N2. The predicted molar refractivity (Wildman–Crippen MR) is 65.8 cm³/mol. The molecule has 0 aliphatic carbocycles. The average molecular weight is 242 g/mol. The smallest absolute Gasteiger partial charge is 0.126 e. The van der Waals surface area contributed by atoms with Crippen molar-refractivity contribution in [2.75, 3.05) is 19.6 Å². The fourth-order valence-corrected chi connectivity index (χ4v) is 1.46. The second kappa shape index (κ2) is 6.07. The number of hydrogen-bond donors (Lipinski definition) is 2. The van der Waals surface area contributed by atoms with E-state index in [0.29, 0.717) is 25.1 Å². The van der Waals surface area contributed by atoms with Gasteiger partial charge in [0.25, 0.3) is 0 Å². The highest BCUT2D eigenvalue weighted by Crippen LogP contribution is 2.11. The summed E-state index contributed by atoms with van der Waals surface area (Å²) in [5, 5.41) is 3.20. The van der Waals surface area contributed by atoms with Gasteiger partial charge in [-0.05, 0) is 48.7 Å². The van der Waals surface area contributed by atoms with Crippen LogP contribution in [0.1, 0.15) is 19.4 Å². The normalized spacial score (nSPS) is 11.8. The van der Waals surface area contributed by atoms with E-state index in [-0.39, 0.29) is 11.2 Å². The van der Waals surface area contributed by atoms with E-state index in [4.69, 9.17) is 5.73 Å². The zero-order chi connectivity index (χ0) is 12.9. The quantitative estimate of drug-likeness (QED) is 0.750. The van der Waals surface area contributed by atoms with E-state index in [0.717, 1.165) is 18.7 Å². The highest BCUT2D eigenvalue weighted by molar-refractivity contribution is 5.18. The summed E-state index contributed by atoms with van der Waals surface area (Å²) in [5.41, 5.74) is 6.03. The molecule has 0 aliphatic rings. The molecule has 0 aliphatic heterocycles. The Bertz CT molecular complexity index is 364. The lowest BCUT2D eigenvalue weighted by molar-refractivity contribution is 0.353. The van der Waals surface area contributed by atoms with Crippen molar-refractivity contribution in [2.45, 2.75) is 20.3 Å². The van der Waals surface area contributed by atoms with Gasteiger partial charge in [0.2, 0.25) is 0 Å². The third kappa shape index (κ3) is 4.79. The van der Waals surface area contributed by atoms with Crippen LogP contribution in [0.15, 0.2) is 18.2 Å². The van der Waals surface area contributed by atoms with Gasteiger partial charge in [-0.1, -0.05) is 13.8 Å². The maximum Gasteiger partial charge on any atom is 0.126 e. The Morgan fingerprint density at radius 3 is 2.65 bits per heavy atom. The fraction of sp³-hybridized carbons (Fsp3) is 0.538. The molecule has 96 valence electrons. The predicted octanol–water partition coefficient (Wildman–Crippen LogP) is 2.08. The fourth-order valence-electron chi connectivity index (χ4n) is 1.46. The minimum atomic E-state index is -0.399. The summed E-state index contributed by atoms with van der Waals surface area (Å²) in [6.45, 7) is 6.09. The molecule has 1 aromatic rings. The van der Waals surface area contributed by atoms with Crippen LogP contribution in [0.2, 0.25) is 0 Å². The van der Waals surface area contributed by atoms with Gasteiger partial charge >= 0.3 is 0 Å². The van der Waals surface area contributed by atoms with E-state index in [1.165, 1.54) is 6.07 Å². The zero-order valence-corrected chi connectivity index (χ0v) is 10.4. The molecule has 2 nitrogen and oxygen atoms in total. The summed E-state index contributed by atoms with van der Waals surface area (Å²) in [5.74, 6) is -0.755. The lowest BCUT2D eigenvalue weighted by Crippen LogP contribution is -2.36. The SMILES string of the molecule is CC(C)(CN)CNCCc1cc(F)ccc1F. The van der Waals surface area contributed by atoms with E-state index in [1.807, 2.05) is 0 Å². The Morgan fingerprint density at radius 1 is 1.29 bits per heavy atom. The molecule has 3 N–H and O–H groups in total. The molecule has 1 rings (SSSR count). The van der Waals surface area contributed by atoms with Crippen molar-refractivity contribution in [1.82, 2.24) is 5.32 Å². The first kappa shape index (κ1) is 14.1. The first-order valence-electron chi connectivity index (χ1n) is 5.79. The summed E-state index contributed by atoms with van der Waals surface area (Å²) < 4.78 is 26.2. The van der Waals surface area contributed by atoms with Gasteiger partial charge in [0, 0.05) is 6.54 Å². The van der Waals surface area contributed by atoms with E-state index in [9.17, 15) is 8.78 Å². The van der Waals surface area contributed by atoms with Gasteiger partial charge in [0.15, 0.2) is 0 Å². The Labute approximate surface area is 101 Å². The first-order chi connectivity index (χ1) is 7.94. The van der Waals surface area contributed by atoms with Gasteiger partial charge in [-0.15, -0.1) is 0 Å². The first-order valence-corrected chi connectivity index (χ1v) is 5.79. The summed E-state index contributed by atoms with van der Waals surface area (Å²) in [7, 11) is 0. The number of nitrogens with one attached hydrogen (secondary N) is 1.